The van der Waals surface area contributed by atoms with Crippen LogP contribution in [0.4, 0.5) is 0 Å². The van der Waals surface area contributed by atoms with Crippen molar-refractivity contribution >= 4 is 33.5 Å². The number of rotatable bonds is 4. The minimum absolute atomic E-state index is 0.00133. The molecule has 0 aliphatic carbocycles. The quantitative estimate of drug-likeness (QED) is 0.909. The van der Waals surface area contributed by atoms with Gasteiger partial charge in [-0.15, -0.1) is 0 Å². The minimum Gasteiger partial charge on any atom is -0.496 e. The Morgan fingerprint density at radius 1 is 1.50 bits per heavy atom. The van der Waals surface area contributed by atoms with E-state index < -0.39 is 5.97 Å². The van der Waals surface area contributed by atoms with Gasteiger partial charge in [-0.1, -0.05) is 15.9 Å². The number of carbonyl (C=O) groups excluding carboxylic acids is 1. The van der Waals surface area contributed by atoms with Gasteiger partial charge < -0.3 is 9.84 Å². The molecule has 0 bridgehead atoms. The fourth-order valence-corrected chi connectivity index (χ4v) is 2.32. The van der Waals surface area contributed by atoms with Gasteiger partial charge in [0.2, 0.25) is 5.91 Å². The highest BCUT2D eigenvalue weighted by molar-refractivity contribution is 9.10. The smallest absolute Gasteiger partial charge is 0.352 e. The molecule has 1 aliphatic rings. The largest absolute Gasteiger partial charge is 0.496 e. The number of halogens is 1. The monoisotopic (exact) mass is 340 g/mol. The highest BCUT2D eigenvalue weighted by Crippen LogP contribution is 2.25. The Bertz CT molecular complexity index is 586. The Morgan fingerprint density at radius 2 is 2.25 bits per heavy atom. The van der Waals surface area contributed by atoms with E-state index in [4.69, 9.17) is 9.84 Å². The van der Waals surface area contributed by atoms with E-state index in [0.29, 0.717) is 5.75 Å². The van der Waals surface area contributed by atoms with Crippen molar-refractivity contribution in [1.29, 1.82) is 0 Å². The van der Waals surface area contributed by atoms with E-state index in [0.717, 1.165) is 10.0 Å². The summed E-state index contributed by atoms with van der Waals surface area (Å²) in [5.74, 6) is -0.667. The number of nitrogens with zero attached hydrogens (tertiary/aromatic N) is 2. The number of hydrogen-bond donors (Lipinski definition) is 1. The molecule has 2 rings (SSSR count). The summed E-state index contributed by atoms with van der Waals surface area (Å²) in [5.41, 5.74) is 0.754. The van der Waals surface area contributed by atoms with Gasteiger partial charge in [-0.3, -0.25) is 4.79 Å². The molecule has 0 atom stereocenters. The number of ether oxygens (including phenoxy) is 1. The van der Waals surface area contributed by atoms with Crippen LogP contribution in [0.3, 0.4) is 0 Å². The van der Waals surface area contributed by atoms with Crippen LogP contribution in [0.5, 0.6) is 5.75 Å². The summed E-state index contributed by atoms with van der Waals surface area (Å²) in [4.78, 5) is 22.8. The van der Waals surface area contributed by atoms with Crippen molar-refractivity contribution in [1.82, 2.24) is 5.01 Å². The van der Waals surface area contributed by atoms with E-state index in [-0.39, 0.29) is 31.0 Å². The van der Waals surface area contributed by atoms with Crippen molar-refractivity contribution < 1.29 is 19.4 Å². The molecule has 0 spiro atoms. The first-order valence-corrected chi connectivity index (χ1v) is 6.74. The summed E-state index contributed by atoms with van der Waals surface area (Å²) in [6.45, 7) is 0.179. The molecule has 1 aromatic rings. The second kappa shape index (κ2) is 6.04. The molecule has 0 fully saturated rings. The van der Waals surface area contributed by atoms with E-state index in [1.165, 1.54) is 12.1 Å². The molecule has 0 saturated carbocycles. The number of benzene rings is 1. The Hall–Kier alpha value is -1.89. The molecule has 1 heterocycles. The summed E-state index contributed by atoms with van der Waals surface area (Å²) in [6.07, 6.45) is 0.321. The number of carbonyl (C=O) groups is 2. The van der Waals surface area contributed by atoms with Crippen LogP contribution in [0.2, 0.25) is 0 Å². The zero-order valence-electron chi connectivity index (χ0n) is 10.8. The molecule has 106 valence electrons. The van der Waals surface area contributed by atoms with Crippen LogP contribution in [0.15, 0.2) is 27.8 Å². The zero-order chi connectivity index (χ0) is 14.7. The molecule has 1 aromatic carbocycles. The molecule has 7 heteroatoms. The maximum Gasteiger partial charge on any atom is 0.352 e. The second-order valence-corrected chi connectivity index (χ2v) is 5.18. The maximum absolute atomic E-state index is 11.8. The molecule has 20 heavy (non-hydrogen) atoms. The highest BCUT2D eigenvalue weighted by Gasteiger charge is 2.24. The summed E-state index contributed by atoms with van der Waals surface area (Å²) in [7, 11) is 1.54. The topological polar surface area (TPSA) is 79.2 Å². The average Bonchev–Trinajstić information content (AvgIpc) is 2.41. The van der Waals surface area contributed by atoms with Gasteiger partial charge in [0, 0.05) is 22.9 Å². The molecular weight excluding hydrogens is 328 g/mol. The first kappa shape index (κ1) is 14.5. The number of amides is 1. The fourth-order valence-electron chi connectivity index (χ4n) is 1.91. The van der Waals surface area contributed by atoms with E-state index in [1.54, 1.807) is 6.07 Å². The van der Waals surface area contributed by atoms with Gasteiger partial charge in [0.25, 0.3) is 0 Å². The zero-order valence-corrected chi connectivity index (χ0v) is 12.4. The van der Waals surface area contributed by atoms with Gasteiger partial charge in [-0.2, -0.15) is 5.10 Å². The molecule has 0 aromatic heterocycles. The lowest BCUT2D eigenvalue weighted by atomic mass is 10.1. The van der Waals surface area contributed by atoms with Gasteiger partial charge in [0.15, 0.2) is 0 Å². The molecule has 6 nitrogen and oxygen atoms in total. The van der Waals surface area contributed by atoms with Gasteiger partial charge >= 0.3 is 5.97 Å². The predicted octanol–water partition coefficient (Wildman–Crippen LogP) is 2.02. The van der Waals surface area contributed by atoms with E-state index in [2.05, 4.69) is 21.0 Å². The van der Waals surface area contributed by atoms with Crippen LogP contribution in [0, 0.1) is 0 Å². The van der Waals surface area contributed by atoms with E-state index >= 15 is 0 Å². The molecule has 1 N–H and O–H groups in total. The molecule has 0 radical (unpaired) electrons. The SMILES string of the molecule is COc1ccc(Br)cc1CN1N=C(C(=O)O)CCC1=O. The summed E-state index contributed by atoms with van der Waals surface area (Å²) in [5, 5.41) is 14.0. The third-order valence-corrected chi connectivity index (χ3v) is 3.41. The van der Waals surface area contributed by atoms with E-state index in [9.17, 15) is 9.59 Å². The van der Waals surface area contributed by atoms with Crippen LogP contribution in [-0.4, -0.2) is 34.8 Å². The Labute approximate surface area is 124 Å². The molecule has 1 amide bonds. The van der Waals surface area contributed by atoms with Gasteiger partial charge in [0.1, 0.15) is 11.5 Å². The van der Waals surface area contributed by atoms with Crippen LogP contribution < -0.4 is 4.74 Å². The van der Waals surface area contributed by atoms with Crippen LogP contribution in [-0.2, 0) is 16.1 Å². The van der Waals surface area contributed by atoms with Crippen molar-refractivity contribution in [2.45, 2.75) is 19.4 Å². The fraction of sp³-hybridized carbons (Fsp3) is 0.308. The van der Waals surface area contributed by atoms with Gasteiger partial charge in [-0.25, -0.2) is 9.80 Å². The number of hydrazone groups is 1. The van der Waals surface area contributed by atoms with Crippen molar-refractivity contribution in [2.24, 2.45) is 5.10 Å². The highest BCUT2D eigenvalue weighted by atomic mass is 79.9. The number of carboxylic acids is 1. The molecule has 1 aliphatic heterocycles. The van der Waals surface area contributed by atoms with E-state index in [1.807, 2.05) is 12.1 Å². The Balaban J connectivity index is 2.28. The first-order valence-electron chi connectivity index (χ1n) is 5.95. The number of aliphatic carboxylic acids is 1. The third kappa shape index (κ3) is 3.16. The van der Waals surface area contributed by atoms with Crippen molar-refractivity contribution in [3.05, 3.63) is 28.2 Å². The molecular formula is C13H13BrN2O4. The number of carboxylic acid groups (broad SMARTS) is 1. The van der Waals surface area contributed by atoms with Crippen LogP contribution in [0.25, 0.3) is 0 Å². The molecule has 0 unspecified atom stereocenters. The van der Waals surface area contributed by atoms with Gasteiger partial charge in [0.05, 0.1) is 13.7 Å². The maximum atomic E-state index is 11.8. The number of hydrogen-bond acceptors (Lipinski definition) is 4. The van der Waals surface area contributed by atoms with Gasteiger partial charge in [-0.05, 0) is 18.2 Å². The lowest BCUT2D eigenvalue weighted by molar-refractivity contribution is -0.133. The minimum atomic E-state index is -1.09. The predicted molar refractivity (Wildman–Crippen MR) is 75.5 cm³/mol. The summed E-state index contributed by atoms with van der Waals surface area (Å²) < 4.78 is 6.08. The van der Waals surface area contributed by atoms with Crippen molar-refractivity contribution in [2.75, 3.05) is 7.11 Å². The number of methoxy groups -OCH3 is 1. The molecule has 0 saturated heterocycles. The van der Waals surface area contributed by atoms with Crippen molar-refractivity contribution in [3.8, 4) is 5.75 Å². The lowest BCUT2D eigenvalue weighted by Gasteiger charge is -2.23. The normalized spacial score (nSPS) is 15.0. The van der Waals surface area contributed by atoms with Crippen molar-refractivity contribution in [3.63, 3.8) is 0 Å². The van der Waals surface area contributed by atoms with Crippen LogP contribution >= 0.6 is 15.9 Å². The Morgan fingerprint density at radius 3 is 2.90 bits per heavy atom. The lowest BCUT2D eigenvalue weighted by Crippen LogP contribution is -2.33. The third-order valence-electron chi connectivity index (χ3n) is 2.91. The Kier molecular flexibility index (Phi) is 4.39. The summed E-state index contributed by atoms with van der Waals surface area (Å²) in [6, 6.07) is 5.42. The average molecular weight is 341 g/mol. The summed E-state index contributed by atoms with van der Waals surface area (Å²) >= 11 is 3.35. The second-order valence-electron chi connectivity index (χ2n) is 4.26. The first-order chi connectivity index (χ1) is 9.51. The van der Waals surface area contributed by atoms with Crippen LogP contribution in [0.1, 0.15) is 18.4 Å². The standard InChI is InChI=1S/C13H13BrN2O4/c1-20-11-4-2-9(14)6-8(11)7-16-12(17)5-3-10(15-16)13(18)19/h2,4,6H,3,5,7H2,1H3,(H,18,19).